The van der Waals surface area contributed by atoms with Crippen LogP contribution in [0.3, 0.4) is 0 Å². The largest absolute Gasteiger partial charge is 0.462 e. The molecule has 0 saturated carbocycles. The van der Waals surface area contributed by atoms with Crippen LogP contribution in [-0.2, 0) is 19.1 Å². The fourth-order valence-corrected chi connectivity index (χ4v) is 2.25. The van der Waals surface area contributed by atoms with Crippen LogP contribution in [0, 0.1) is 0 Å². The zero-order chi connectivity index (χ0) is 13.9. The van der Waals surface area contributed by atoms with Gasteiger partial charge < -0.3 is 9.47 Å². The van der Waals surface area contributed by atoms with Crippen LogP contribution in [0.25, 0.3) is 0 Å². The fourth-order valence-electron chi connectivity index (χ4n) is 2.25. The number of hydrogen-bond acceptors (Lipinski definition) is 4. The fraction of sp³-hybridized carbons (Fsp3) is 0.867. The molecule has 1 unspecified atom stereocenters. The molecular formula is C15H26O4. The molecule has 1 atom stereocenters. The molecule has 1 rings (SSSR count). The van der Waals surface area contributed by atoms with Gasteiger partial charge in [-0.25, -0.2) is 0 Å². The molecule has 0 radical (unpaired) electrons. The van der Waals surface area contributed by atoms with E-state index in [-0.39, 0.29) is 24.6 Å². The van der Waals surface area contributed by atoms with E-state index < -0.39 is 0 Å². The third kappa shape index (κ3) is 7.85. The maximum atomic E-state index is 11.7. The molecule has 0 spiro atoms. The Hall–Kier alpha value is -1.06. The monoisotopic (exact) mass is 270 g/mol. The normalized spacial score (nSPS) is 24.2. The average molecular weight is 270 g/mol. The Morgan fingerprint density at radius 2 is 1.53 bits per heavy atom. The smallest absolute Gasteiger partial charge is 0.306 e. The highest BCUT2D eigenvalue weighted by molar-refractivity contribution is 5.70. The second kappa shape index (κ2) is 9.82. The highest BCUT2D eigenvalue weighted by Crippen LogP contribution is 2.12. The molecule has 0 aromatic rings. The number of carbonyl (C=O) groups excluding carboxylic acids is 2. The van der Waals surface area contributed by atoms with Crippen molar-refractivity contribution in [2.24, 2.45) is 0 Å². The van der Waals surface area contributed by atoms with Gasteiger partial charge in [-0.2, -0.15) is 0 Å². The summed E-state index contributed by atoms with van der Waals surface area (Å²) in [7, 11) is 0. The molecule has 0 amide bonds. The summed E-state index contributed by atoms with van der Waals surface area (Å²) in [4.78, 5) is 23.2. The molecule has 1 fully saturated rings. The molecule has 0 aliphatic carbocycles. The second-order valence-corrected chi connectivity index (χ2v) is 5.20. The predicted molar refractivity (Wildman–Crippen MR) is 72.7 cm³/mol. The first-order valence-corrected chi connectivity index (χ1v) is 7.57. The van der Waals surface area contributed by atoms with Crippen LogP contribution in [-0.4, -0.2) is 24.6 Å². The van der Waals surface area contributed by atoms with Crippen molar-refractivity contribution < 1.29 is 19.1 Å². The van der Waals surface area contributed by atoms with Crippen LogP contribution in [0.5, 0.6) is 0 Å². The standard InChI is InChI=1S/C15H26O4/c1-2-9-13-12-18-14(16)10-7-5-3-4-6-8-11-15(17)19-13/h13H,2-12H2,1H3. The molecule has 4 heteroatoms. The van der Waals surface area contributed by atoms with Gasteiger partial charge in [0, 0.05) is 12.8 Å². The van der Waals surface area contributed by atoms with Gasteiger partial charge in [0.15, 0.2) is 0 Å². The lowest BCUT2D eigenvalue weighted by Crippen LogP contribution is -2.25. The van der Waals surface area contributed by atoms with Gasteiger partial charge in [0.25, 0.3) is 0 Å². The lowest BCUT2D eigenvalue weighted by molar-refractivity contribution is -0.159. The van der Waals surface area contributed by atoms with Crippen molar-refractivity contribution in [2.45, 2.75) is 77.2 Å². The minimum Gasteiger partial charge on any atom is -0.462 e. The molecule has 0 N–H and O–H groups in total. The Morgan fingerprint density at radius 3 is 2.16 bits per heavy atom. The van der Waals surface area contributed by atoms with Gasteiger partial charge in [-0.1, -0.05) is 39.0 Å². The van der Waals surface area contributed by atoms with E-state index in [2.05, 4.69) is 0 Å². The number of rotatable bonds is 2. The maximum absolute atomic E-state index is 11.7. The van der Waals surface area contributed by atoms with Gasteiger partial charge >= 0.3 is 11.9 Å². The van der Waals surface area contributed by atoms with E-state index in [0.29, 0.717) is 12.8 Å². The van der Waals surface area contributed by atoms with Gasteiger partial charge in [-0.15, -0.1) is 0 Å². The van der Waals surface area contributed by atoms with Crippen LogP contribution in [0.1, 0.15) is 71.1 Å². The van der Waals surface area contributed by atoms with Gasteiger partial charge in [0.05, 0.1) is 0 Å². The average Bonchev–Trinajstić information content (AvgIpc) is 2.38. The summed E-state index contributed by atoms with van der Waals surface area (Å²) in [5, 5.41) is 0. The molecule has 1 aliphatic rings. The minimum absolute atomic E-state index is 0.161. The highest BCUT2D eigenvalue weighted by Gasteiger charge is 2.16. The van der Waals surface area contributed by atoms with Crippen LogP contribution in [0.15, 0.2) is 0 Å². The first-order valence-electron chi connectivity index (χ1n) is 7.57. The van der Waals surface area contributed by atoms with Crippen LogP contribution < -0.4 is 0 Å². The SMILES string of the molecule is CCCC1COC(=O)CCCCCCCCC(=O)O1. The van der Waals surface area contributed by atoms with Crippen molar-refractivity contribution in [2.75, 3.05) is 6.61 Å². The van der Waals surface area contributed by atoms with Crippen LogP contribution in [0.2, 0.25) is 0 Å². The first kappa shape index (κ1) is 16.0. The van der Waals surface area contributed by atoms with E-state index in [9.17, 15) is 9.59 Å². The molecule has 110 valence electrons. The summed E-state index contributed by atoms with van der Waals surface area (Å²) < 4.78 is 10.6. The van der Waals surface area contributed by atoms with Gasteiger partial charge in [0.1, 0.15) is 12.7 Å². The topological polar surface area (TPSA) is 52.6 Å². The summed E-state index contributed by atoms with van der Waals surface area (Å²) in [6.45, 7) is 2.24. The summed E-state index contributed by atoms with van der Waals surface area (Å²) in [5.74, 6) is -0.333. The third-order valence-electron chi connectivity index (χ3n) is 3.35. The van der Waals surface area contributed by atoms with Crippen molar-refractivity contribution in [3.63, 3.8) is 0 Å². The highest BCUT2D eigenvalue weighted by atomic mass is 16.6. The number of hydrogen-bond donors (Lipinski definition) is 0. The van der Waals surface area contributed by atoms with E-state index in [4.69, 9.17) is 9.47 Å². The zero-order valence-corrected chi connectivity index (χ0v) is 12.0. The van der Waals surface area contributed by atoms with Crippen LogP contribution >= 0.6 is 0 Å². The van der Waals surface area contributed by atoms with E-state index in [1.807, 2.05) is 6.92 Å². The van der Waals surface area contributed by atoms with Crippen LogP contribution in [0.4, 0.5) is 0 Å². The van der Waals surface area contributed by atoms with Gasteiger partial charge in [-0.05, 0) is 19.3 Å². The Morgan fingerprint density at radius 1 is 0.947 bits per heavy atom. The first-order chi connectivity index (χ1) is 9.22. The molecule has 1 saturated heterocycles. The van der Waals surface area contributed by atoms with E-state index in [1.165, 1.54) is 0 Å². The Balaban J connectivity index is 2.45. The minimum atomic E-state index is -0.274. The lowest BCUT2D eigenvalue weighted by Gasteiger charge is -2.17. The molecule has 1 aliphatic heterocycles. The molecular weight excluding hydrogens is 244 g/mol. The molecule has 0 aromatic carbocycles. The van der Waals surface area contributed by atoms with E-state index >= 15 is 0 Å². The predicted octanol–water partition coefficient (Wildman–Crippen LogP) is 3.38. The molecule has 0 aromatic heterocycles. The van der Waals surface area contributed by atoms with Crippen molar-refractivity contribution in [3.05, 3.63) is 0 Å². The molecule has 1 heterocycles. The number of esters is 2. The zero-order valence-electron chi connectivity index (χ0n) is 12.0. The summed E-state index contributed by atoms with van der Waals surface area (Å²) in [6, 6.07) is 0. The van der Waals surface area contributed by atoms with Crippen molar-refractivity contribution in [1.82, 2.24) is 0 Å². The van der Waals surface area contributed by atoms with Gasteiger partial charge in [0.2, 0.25) is 0 Å². The molecule has 0 bridgehead atoms. The van der Waals surface area contributed by atoms with Crippen molar-refractivity contribution >= 4 is 11.9 Å². The number of ether oxygens (including phenoxy) is 2. The van der Waals surface area contributed by atoms with Crippen molar-refractivity contribution in [3.8, 4) is 0 Å². The number of carbonyl (C=O) groups is 2. The van der Waals surface area contributed by atoms with Gasteiger partial charge in [-0.3, -0.25) is 9.59 Å². The van der Waals surface area contributed by atoms with E-state index in [0.717, 1.165) is 51.4 Å². The second-order valence-electron chi connectivity index (χ2n) is 5.20. The summed E-state index contributed by atoms with van der Waals surface area (Å²) >= 11 is 0. The maximum Gasteiger partial charge on any atom is 0.306 e. The Bertz CT molecular complexity index is 275. The summed E-state index contributed by atoms with van der Waals surface area (Å²) in [5.41, 5.74) is 0. The third-order valence-corrected chi connectivity index (χ3v) is 3.35. The summed E-state index contributed by atoms with van der Waals surface area (Å²) in [6.07, 6.45) is 8.53. The Kier molecular flexibility index (Phi) is 8.26. The molecule has 4 nitrogen and oxygen atoms in total. The quantitative estimate of drug-likeness (QED) is 0.722. The lowest BCUT2D eigenvalue weighted by atomic mass is 10.1. The van der Waals surface area contributed by atoms with E-state index in [1.54, 1.807) is 0 Å². The number of cyclic esters (lactones) is 2. The van der Waals surface area contributed by atoms with Crippen molar-refractivity contribution in [1.29, 1.82) is 0 Å². The Labute approximate surface area is 115 Å². The molecule has 19 heavy (non-hydrogen) atoms.